The molecule has 26 heavy (non-hydrogen) atoms. The minimum absolute atomic E-state index is 0.154. The van der Waals surface area contributed by atoms with Crippen LogP contribution in [0.5, 0.6) is 11.5 Å². The van der Waals surface area contributed by atoms with E-state index < -0.39 is 0 Å². The Kier molecular flexibility index (Phi) is 6.82. The highest BCUT2D eigenvalue weighted by molar-refractivity contribution is 5.97. The summed E-state index contributed by atoms with van der Waals surface area (Å²) in [6.45, 7) is 4.99. The van der Waals surface area contributed by atoms with Crippen LogP contribution < -0.4 is 9.47 Å². The summed E-state index contributed by atoms with van der Waals surface area (Å²) in [6, 6.07) is 4.86. The number of carbonyl (C=O) groups is 3. The predicted molar refractivity (Wildman–Crippen MR) is 93.7 cm³/mol. The number of ketones is 1. The Bertz CT molecular complexity index is 668. The minimum atomic E-state index is -0.363. The summed E-state index contributed by atoms with van der Waals surface area (Å²) in [4.78, 5) is 38.9. The second-order valence-electron chi connectivity index (χ2n) is 5.77. The fraction of sp³-hybridized carbons (Fsp3) is 0.500. The molecule has 1 aliphatic rings. The lowest BCUT2D eigenvalue weighted by Gasteiger charge is -2.34. The maximum Gasteiger partial charge on any atom is 0.409 e. The molecule has 0 bridgehead atoms. The van der Waals surface area contributed by atoms with Crippen LogP contribution in [0.15, 0.2) is 18.2 Å². The SMILES string of the molecule is CCOC(=O)N1CCN(C(=O)COc2cc(OC)ccc2C(C)=O)CC1. The molecule has 0 N–H and O–H groups in total. The number of piperazine rings is 1. The zero-order valence-corrected chi connectivity index (χ0v) is 15.3. The third kappa shape index (κ3) is 4.87. The number of ether oxygens (including phenoxy) is 3. The normalized spacial score (nSPS) is 14.0. The summed E-state index contributed by atoms with van der Waals surface area (Å²) in [7, 11) is 1.51. The Labute approximate surface area is 152 Å². The zero-order chi connectivity index (χ0) is 19.1. The van der Waals surface area contributed by atoms with Crippen LogP contribution in [-0.2, 0) is 9.53 Å². The van der Waals surface area contributed by atoms with Gasteiger partial charge in [0.05, 0.1) is 19.3 Å². The number of hydrogen-bond acceptors (Lipinski definition) is 6. The van der Waals surface area contributed by atoms with Crippen LogP contribution in [-0.4, -0.2) is 74.1 Å². The minimum Gasteiger partial charge on any atom is -0.497 e. The summed E-state index contributed by atoms with van der Waals surface area (Å²) >= 11 is 0. The first kappa shape index (κ1) is 19.6. The molecule has 0 atom stereocenters. The summed E-state index contributed by atoms with van der Waals surface area (Å²) in [5, 5.41) is 0. The van der Waals surface area contributed by atoms with Gasteiger partial charge in [-0.15, -0.1) is 0 Å². The standard InChI is InChI=1S/C18H24N2O6/c1-4-25-18(23)20-9-7-19(8-10-20)17(22)12-26-16-11-14(24-3)5-6-15(16)13(2)21/h5-6,11H,4,7-10,12H2,1-3H3. The third-order valence-electron chi connectivity index (χ3n) is 4.08. The van der Waals surface area contributed by atoms with E-state index in [1.54, 1.807) is 34.9 Å². The molecule has 0 saturated carbocycles. The molecule has 1 heterocycles. The Morgan fingerprint density at radius 3 is 2.31 bits per heavy atom. The van der Waals surface area contributed by atoms with Crippen molar-refractivity contribution in [2.45, 2.75) is 13.8 Å². The number of amides is 2. The first-order valence-electron chi connectivity index (χ1n) is 8.47. The monoisotopic (exact) mass is 364 g/mol. The van der Waals surface area contributed by atoms with Gasteiger partial charge in [0, 0.05) is 32.2 Å². The van der Waals surface area contributed by atoms with Gasteiger partial charge in [-0.1, -0.05) is 0 Å². The molecular formula is C18H24N2O6. The predicted octanol–water partition coefficient (Wildman–Crippen LogP) is 1.58. The molecule has 8 nitrogen and oxygen atoms in total. The van der Waals surface area contributed by atoms with Gasteiger partial charge in [0.15, 0.2) is 12.4 Å². The molecule has 2 rings (SSSR count). The van der Waals surface area contributed by atoms with Crippen molar-refractivity contribution in [1.82, 2.24) is 9.80 Å². The lowest BCUT2D eigenvalue weighted by molar-refractivity contribution is -0.135. The molecule has 0 aliphatic carbocycles. The molecule has 1 aliphatic heterocycles. The summed E-state index contributed by atoms with van der Waals surface area (Å²) in [6.07, 6.45) is -0.363. The second-order valence-corrected chi connectivity index (χ2v) is 5.77. The molecule has 0 unspecified atom stereocenters. The van der Waals surface area contributed by atoms with Gasteiger partial charge in [-0.05, 0) is 26.0 Å². The van der Waals surface area contributed by atoms with Gasteiger partial charge in [0.1, 0.15) is 11.5 Å². The maximum atomic E-state index is 12.4. The van der Waals surface area contributed by atoms with E-state index >= 15 is 0 Å². The highest BCUT2D eigenvalue weighted by Gasteiger charge is 2.25. The molecule has 1 aromatic rings. The number of benzene rings is 1. The maximum absolute atomic E-state index is 12.4. The van der Waals surface area contributed by atoms with E-state index in [0.717, 1.165) is 0 Å². The molecule has 1 saturated heterocycles. The molecule has 0 spiro atoms. The van der Waals surface area contributed by atoms with Crippen LogP contribution in [0, 0.1) is 0 Å². The van der Waals surface area contributed by atoms with Gasteiger partial charge in [-0.25, -0.2) is 4.79 Å². The van der Waals surface area contributed by atoms with Crippen LogP contribution in [0.3, 0.4) is 0 Å². The van der Waals surface area contributed by atoms with Gasteiger partial charge < -0.3 is 24.0 Å². The average Bonchev–Trinajstić information content (AvgIpc) is 2.66. The van der Waals surface area contributed by atoms with Crippen molar-refractivity contribution < 1.29 is 28.6 Å². The molecule has 142 valence electrons. The first-order valence-corrected chi connectivity index (χ1v) is 8.47. The Balaban J connectivity index is 1.91. The highest BCUT2D eigenvalue weighted by atomic mass is 16.6. The zero-order valence-electron chi connectivity index (χ0n) is 15.3. The fourth-order valence-corrected chi connectivity index (χ4v) is 2.62. The molecule has 8 heteroatoms. The number of hydrogen-bond donors (Lipinski definition) is 0. The Hall–Kier alpha value is -2.77. The second kappa shape index (κ2) is 9.07. The van der Waals surface area contributed by atoms with Gasteiger partial charge in [-0.3, -0.25) is 9.59 Å². The van der Waals surface area contributed by atoms with E-state index in [-0.39, 0.29) is 24.4 Å². The molecule has 1 fully saturated rings. The summed E-state index contributed by atoms with van der Waals surface area (Å²) < 4.78 is 15.7. The van der Waals surface area contributed by atoms with Crippen molar-refractivity contribution in [3.63, 3.8) is 0 Å². The van der Waals surface area contributed by atoms with Crippen molar-refractivity contribution >= 4 is 17.8 Å². The number of Topliss-reactive ketones (excluding diaryl/α,β-unsaturated/α-hetero) is 1. The van der Waals surface area contributed by atoms with Crippen LogP contribution >= 0.6 is 0 Å². The van der Waals surface area contributed by atoms with Gasteiger partial charge in [-0.2, -0.15) is 0 Å². The van der Waals surface area contributed by atoms with Crippen molar-refractivity contribution in [3.8, 4) is 11.5 Å². The average molecular weight is 364 g/mol. The van der Waals surface area contributed by atoms with E-state index in [1.165, 1.54) is 14.0 Å². The molecule has 0 aromatic heterocycles. The quantitative estimate of drug-likeness (QED) is 0.713. The largest absolute Gasteiger partial charge is 0.497 e. The van der Waals surface area contributed by atoms with E-state index in [9.17, 15) is 14.4 Å². The van der Waals surface area contributed by atoms with Crippen molar-refractivity contribution in [2.24, 2.45) is 0 Å². The smallest absolute Gasteiger partial charge is 0.409 e. The third-order valence-corrected chi connectivity index (χ3v) is 4.08. The number of methoxy groups -OCH3 is 1. The van der Waals surface area contributed by atoms with E-state index in [0.29, 0.717) is 49.8 Å². The van der Waals surface area contributed by atoms with E-state index in [1.807, 2.05) is 0 Å². The highest BCUT2D eigenvalue weighted by Crippen LogP contribution is 2.25. The molecule has 0 radical (unpaired) electrons. The van der Waals surface area contributed by atoms with Crippen molar-refractivity contribution in [1.29, 1.82) is 0 Å². The lowest BCUT2D eigenvalue weighted by Crippen LogP contribution is -2.51. The van der Waals surface area contributed by atoms with Gasteiger partial charge in [0.2, 0.25) is 0 Å². The molecular weight excluding hydrogens is 340 g/mol. The van der Waals surface area contributed by atoms with Gasteiger partial charge >= 0.3 is 6.09 Å². The number of carbonyl (C=O) groups excluding carboxylic acids is 3. The van der Waals surface area contributed by atoms with Crippen LogP contribution in [0.4, 0.5) is 4.79 Å². The molecule has 1 aromatic carbocycles. The Morgan fingerprint density at radius 1 is 1.08 bits per heavy atom. The van der Waals surface area contributed by atoms with E-state index in [4.69, 9.17) is 14.2 Å². The van der Waals surface area contributed by atoms with Gasteiger partial charge in [0.25, 0.3) is 5.91 Å². The van der Waals surface area contributed by atoms with Crippen molar-refractivity contribution in [2.75, 3.05) is 46.5 Å². The van der Waals surface area contributed by atoms with Crippen LogP contribution in [0.2, 0.25) is 0 Å². The van der Waals surface area contributed by atoms with E-state index in [2.05, 4.69) is 0 Å². The lowest BCUT2D eigenvalue weighted by atomic mass is 10.1. The fourth-order valence-electron chi connectivity index (χ4n) is 2.62. The van der Waals surface area contributed by atoms with Crippen LogP contribution in [0.25, 0.3) is 0 Å². The Morgan fingerprint density at radius 2 is 1.73 bits per heavy atom. The molecule has 2 amide bonds. The number of nitrogens with zero attached hydrogens (tertiary/aromatic N) is 2. The summed E-state index contributed by atoms with van der Waals surface area (Å²) in [5.41, 5.74) is 0.394. The topological polar surface area (TPSA) is 85.4 Å². The van der Waals surface area contributed by atoms with Crippen LogP contribution in [0.1, 0.15) is 24.2 Å². The summed E-state index contributed by atoms with van der Waals surface area (Å²) in [5.74, 6) is 0.500. The van der Waals surface area contributed by atoms with Crippen molar-refractivity contribution in [3.05, 3.63) is 23.8 Å². The number of rotatable bonds is 6. The first-order chi connectivity index (χ1) is 12.5.